The number of alkyl halides is 3. The molecule has 0 aromatic heterocycles. The average molecular weight is 323 g/mol. The van der Waals surface area contributed by atoms with Crippen molar-refractivity contribution in [1.29, 1.82) is 0 Å². The van der Waals surface area contributed by atoms with Gasteiger partial charge in [0.15, 0.2) is 0 Å². The van der Waals surface area contributed by atoms with E-state index in [2.05, 4.69) is 10.6 Å². The molecular formula is C15H12F3N3O2. The van der Waals surface area contributed by atoms with E-state index in [0.29, 0.717) is 5.69 Å². The first-order valence-electron chi connectivity index (χ1n) is 6.41. The molecule has 5 nitrogen and oxygen atoms in total. The molecule has 0 saturated carbocycles. The Kier molecular flexibility index (Phi) is 4.54. The smallest absolute Gasteiger partial charge is 0.351 e. The lowest BCUT2D eigenvalue weighted by atomic mass is 10.1. The molecule has 120 valence electrons. The zero-order valence-corrected chi connectivity index (χ0v) is 11.6. The molecule has 0 heterocycles. The molecule has 8 heteroatoms. The van der Waals surface area contributed by atoms with Crippen LogP contribution in [0.5, 0.6) is 0 Å². The molecule has 0 unspecified atom stereocenters. The van der Waals surface area contributed by atoms with E-state index in [1.165, 1.54) is 36.4 Å². The molecule has 0 atom stereocenters. The number of primary amides is 1. The van der Waals surface area contributed by atoms with Gasteiger partial charge >= 0.3 is 12.2 Å². The van der Waals surface area contributed by atoms with Gasteiger partial charge in [-0.2, -0.15) is 13.2 Å². The standard InChI is InChI=1S/C15H12F3N3O2/c16-15(17,18)12-4-2-1-3-11(12)13(22)20-9-5-7-10(8-6-9)21-14(19)23/h1-8H,(H,20,22)(H3,19,21,23). The van der Waals surface area contributed by atoms with Gasteiger partial charge in [0.1, 0.15) is 0 Å². The topological polar surface area (TPSA) is 84.2 Å². The Morgan fingerprint density at radius 3 is 1.91 bits per heavy atom. The van der Waals surface area contributed by atoms with Crippen molar-refractivity contribution >= 4 is 23.3 Å². The third-order valence-electron chi connectivity index (χ3n) is 2.89. The molecule has 0 spiro atoms. The number of benzene rings is 2. The van der Waals surface area contributed by atoms with Crippen LogP contribution in [0, 0.1) is 0 Å². The van der Waals surface area contributed by atoms with E-state index in [1.54, 1.807) is 0 Å². The summed E-state index contributed by atoms with van der Waals surface area (Å²) in [6.45, 7) is 0. The molecule has 0 bridgehead atoms. The van der Waals surface area contributed by atoms with Gasteiger partial charge in [0.2, 0.25) is 0 Å². The van der Waals surface area contributed by atoms with Gasteiger partial charge in [-0.1, -0.05) is 12.1 Å². The third-order valence-corrected chi connectivity index (χ3v) is 2.89. The van der Waals surface area contributed by atoms with Gasteiger partial charge < -0.3 is 16.4 Å². The van der Waals surface area contributed by atoms with Crippen molar-refractivity contribution in [2.75, 3.05) is 10.6 Å². The molecule has 0 aliphatic rings. The monoisotopic (exact) mass is 323 g/mol. The summed E-state index contributed by atoms with van der Waals surface area (Å²) < 4.78 is 38.7. The van der Waals surface area contributed by atoms with Gasteiger partial charge in [-0.15, -0.1) is 0 Å². The fourth-order valence-corrected chi connectivity index (χ4v) is 1.91. The van der Waals surface area contributed by atoms with Gasteiger partial charge in [-0.25, -0.2) is 4.79 Å². The SMILES string of the molecule is NC(=O)Nc1ccc(NC(=O)c2ccccc2C(F)(F)F)cc1. The zero-order chi connectivity index (χ0) is 17.0. The van der Waals surface area contributed by atoms with Crippen molar-refractivity contribution in [1.82, 2.24) is 0 Å². The molecule has 0 aliphatic carbocycles. The van der Waals surface area contributed by atoms with E-state index in [-0.39, 0.29) is 5.69 Å². The van der Waals surface area contributed by atoms with Gasteiger partial charge in [-0.05, 0) is 36.4 Å². The fraction of sp³-hybridized carbons (Fsp3) is 0.0667. The second-order valence-electron chi connectivity index (χ2n) is 4.56. The number of hydrogen-bond acceptors (Lipinski definition) is 2. The normalized spacial score (nSPS) is 10.9. The number of nitrogens with one attached hydrogen (secondary N) is 2. The van der Waals surface area contributed by atoms with Crippen molar-refractivity contribution < 1.29 is 22.8 Å². The number of amides is 3. The summed E-state index contributed by atoms with van der Waals surface area (Å²) >= 11 is 0. The molecule has 2 rings (SSSR count). The van der Waals surface area contributed by atoms with Crippen molar-refractivity contribution in [2.45, 2.75) is 6.18 Å². The Balaban J connectivity index is 2.18. The summed E-state index contributed by atoms with van der Waals surface area (Å²) in [7, 11) is 0. The van der Waals surface area contributed by atoms with Gasteiger partial charge in [0, 0.05) is 11.4 Å². The second kappa shape index (κ2) is 6.39. The van der Waals surface area contributed by atoms with Crippen molar-refractivity contribution in [3.8, 4) is 0 Å². The number of hydrogen-bond donors (Lipinski definition) is 3. The van der Waals surface area contributed by atoms with E-state index in [1.807, 2.05) is 0 Å². The Hall–Kier alpha value is -3.03. The molecule has 0 radical (unpaired) electrons. The lowest BCUT2D eigenvalue weighted by Gasteiger charge is -2.13. The van der Waals surface area contributed by atoms with Crippen molar-refractivity contribution in [3.05, 3.63) is 59.7 Å². The largest absolute Gasteiger partial charge is 0.417 e. The summed E-state index contributed by atoms with van der Waals surface area (Å²) in [6.07, 6.45) is -4.62. The lowest BCUT2D eigenvalue weighted by molar-refractivity contribution is -0.137. The van der Waals surface area contributed by atoms with Crippen LogP contribution in [0.25, 0.3) is 0 Å². The maximum Gasteiger partial charge on any atom is 0.417 e. The first-order chi connectivity index (χ1) is 10.8. The van der Waals surface area contributed by atoms with E-state index in [9.17, 15) is 22.8 Å². The summed E-state index contributed by atoms with van der Waals surface area (Å²) in [5.41, 5.74) is 4.14. The first kappa shape index (κ1) is 16.3. The zero-order valence-electron chi connectivity index (χ0n) is 11.6. The molecule has 0 fully saturated rings. The highest BCUT2D eigenvalue weighted by Gasteiger charge is 2.34. The molecule has 0 aliphatic heterocycles. The molecule has 23 heavy (non-hydrogen) atoms. The molecule has 0 saturated heterocycles. The van der Waals surface area contributed by atoms with Crippen LogP contribution < -0.4 is 16.4 Å². The molecule has 4 N–H and O–H groups in total. The van der Waals surface area contributed by atoms with Crippen LogP contribution in [0.1, 0.15) is 15.9 Å². The Labute approximate surface area is 129 Å². The Morgan fingerprint density at radius 1 is 0.870 bits per heavy atom. The summed E-state index contributed by atoms with van der Waals surface area (Å²) in [5.74, 6) is -0.881. The van der Waals surface area contributed by atoms with Crippen molar-refractivity contribution in [3.63, 3.8) is 0 Å². The van der Waals surface area contributed by atoms with Gasteiger partial charge in [0.25, 0.3) is 5.91 Å². The van der Waals surface area contributed by atoms with Crippen LogP contribution >= 0.6 is 0 Å². The molecule has 2 aromatic carbocycles. The minimum absolute atomic E-state index is 0.280. The average Bonchev–Trinajstić information content (AvgIpc) is 2.48. The fourth-order valence-electron chi connectivity index (χ4n) is 1.91. The number of nitrogens with two attached hydrogens (primary N) is 1. The minimum Gasteiger partial charge on any atom is -0.351 e. The molecule has 3 amide bonds. The van der Waals surface area contributed by atoms with Crippen LogP contribution in [-0.4, -0.2) is 11.9 Å². The third kappa shape index (κ3) is 4.22. The number of carbonyl (C=O) groups excluding carboxylic acids is 2. The van der Waals surface area contributed by atoms with Crippen LogP contribution in [0.2, 0.25) is 0 Å². The summed E-state index contributed by atoms with van der Waals surface area (Å²) in [5, 5.41) is 4.69. The number of halogens is 3. The van der Waals surface area contributed by atoms with E-state index < -0.39 is 29.2 Å². The Morgan fingerprint density at radius 2 is 1.39 bits per heavy atom. The van der Waals surface area contributed by atoms with E-state index in [4.69, 9.17) is 5.73 Å². The lowest BCUT2D eigenvalue weighted by Crippen LogP contribution is -2.19. The van der Waals surface area contributed by atoms with Gasteiger partial charge in [-0.3, -0.25) is 4.79 Å². The predicted octanol–water partition coefficient (Wildman–Crippen LogP) is 3.45. The van der Waals surface area contributed by atoms with Crippen LogP contribution in [-0.2, 0) is 6.18 Å². The highest BCUT2D eigenvalue weighted by Crippen LogP contribution is 2.32. The maximum absolute atomic E-state index is 12.9. The van der Waals surface area contributed by atoms with Crippen LogP contribution in [0.4, 0.5) is 29.3 Å². The quantitative estimate of drug-likeness (QED) is 0.808. The highest BCUT2D eigenvalue weighted by molar-refractivity contribution is 6.05. The number of carbonyl (C=O) groups is 2. The molecule has 2 aromatic rings. The Bertz CT molecular complexity index is 727. The minimum atomic E-state index is -4.62. The molecular weight excluding hydrogens is 311 g/mol. The number of anilines is 2. The number of urea groups is 1. The second-order valence-corrected chi connectivity index (χ2v) is 4.56. The van der Waals surface area contributed by atoms with Gasteiger partial charge in [0.05, 0.1) is 11.1 Å². The predicted molar refractivity (Wildman–Crippen MR) is 79.0 cm³/mol. The highest BCUT2D eigenvalue weighted by atomic mass is 19.4. The van der Waals surface area contributed by atoms with E-state index in [0.717, 1.165) is 12.1 Å². The first-order valence-corrected chi connectivity index (χ1v) is 6.41. The summed E-state index contributed by atoms with van der Waals surface area (Å²) in [6, 6.07) is 9.52. The summed E-state index contributed by atoms with van der Waals surface area (Å²) in [4.78, 5) is 22.7. The van der Waals surface area contributed by atoms with E-state index >= 15 is 0 Å². The van der Waals surface area contributed by atoms with Crippen LogP contribution in [0.3, 0.4) is 0 Å². The maximum atomic E-state index is 12.9. The van der Waals surface area contributed by atoms with Crippen molar-refractivity contribution in [2.24, 2.45) is 5.73 Å². The van der Waals surface area contributed by atoms with Crippen LogP contribution in [0.15, 0.2) is 48.5 Å². The number of rotatable bonds is 3.